The van der Waals surface area contributed by atoms with Crippen molar-refractivity contribution in [3.63, 3.8) is 0 Å². The first-order valence-electron chi connectivity index (χ1n) is 9.12. The van der Waals surface area contributed by atoms with Crippen LogP contribution in [0.15, 0.2) is 48.5 Å². The van der Waals surface area contributed by atoms with Crippen molar-refractivity contribution in [3.05, 3.63) is 59.7 Å². The third kappa shape index (κ3) is 3.58. The quantitative estimate of drug-likeness (QED) is 0.560. The summed E-state index contributed by atoms with van der Waals surface area (Å²) >= 11 is 0. The van der Waals surface area contributed by atoms with Crippen molar-refractivity contribution in [2.24, 2.45) is 0 Å². The highest BCUT2D eigenvalue weighted by atomic mass is 32.2. The van der Waals surface area contributed by atoms with E-state index in [1.54, 1.807) is 56.3 Å². The number of amides is 1. The van der Waals surface area contributed by atoms with Gasteiger partial charge in [-0.2, -0.15) is 0 Å². The zero-order chi connectivity index (χ0) is 21.4. The minimum Gasteiger partial charge on any atom is -0.380 e. The summed E-state index contributed by atoms with van der Waals surface area (Å²) in [5.74, 6) is -0.514. The van der Waals surface area contributed by atoms with Crippen LogP contribution in [0.3, 0.4) is 0 Å². The van der Waals surface area contributed by atoms with Gasteiger partial charge in [0.2, 0.25) is 21.9 Å². The number of anilines is 1. The Bertz CT molecular complexity index is 1160. The Balaban J connectivity index is 2.27. The lowest BCUT2D eigenvalue weighted by molar-refractivity contribution is -0.124. The zero-order valence-electron chi connectivity index (χ0n) is 16.5. The second-order valence-corrected chi connectivity index (χ2v) is 9.45. The number of aromatic nitrogens is 2. The first-order chi connectivity index (χ1) is 13.6. The van der Waals surface area contributed by atoms with Crippen LogP contribution in [0, 0.1) is 0 Å². The summed E-state index contributed by atoms with van der Waals surface area (Å²) in [5.41, 5.74) is 5.73. The number of carbonyl (C=O) groups excluding carboxylic acids is 1. The molecule has 1 amide bonds. The molecule has 1 aromatic heterocycles. The van der Waals surface area contributed by atoms with Crippen molar-refractivity contribution in [1.29, 1.82) is 0 Å². The van der Waals surface area contributed by atoms with Crippen LogP contribution in [0.2, 0.25) is 0 Å². The van der Waals surface area contributed by atoms with Crippen LogP contribution in [0.5, 0.6) is 0 Å². The molecule has 1 unspecified atom stereocenters. The molecule has 0 saturated carbocycles. The maximum absolute atomic E-state index is 12.8. The average molecular weight is 417 g/mol. The summed E-state index contributed by atoms with van der Waals surface area (Å²) < 4.78 is 26.6. The maximum atomic E-state index is 12.8. The van der Waals surface area contributed by atoms with E-state index in [0.29, 0.717) is 16.6 Å². The Labute approximate surface area is 169 Å². The number of fused-ring (bicyclic) bond motifs is 1. The first kappa shape index (κ1) is 20.8. The molecule has 3 aromatic rings. The Hall–Kier alpha value is -2.91. The van der Waals surface area contributed by atoms with E-state index in [4.69, 9.17) is 5.73 Å². The van der Waals surface area contributed by atoms with Gasteiger partial charge in [0.05, 0.1) is 22.7 Å². The molecule has 0 aliphatic rings. The molecule has 3 rings (SSSR count). The van der Waals surface area contributed by atoms with Crippen molar-refractivity contribution in [2.75, 3.05) is 12.8 Å². The normalized spacial score (nSPS) is 14.1. The standard InChI is InChI=1S/C20H24N4O4S/c1-13(2)29(27,28)24-17-11-15(9-10-16(17)23-19(24)21)20(26,12-18(25)22-3)14-7-5-4-6-8-14/h4-11,13,26H,12H2,1-3H3,(H2,21,23)(H,22,25). The number of hydrogen-bond donors (Lipinski definition) is 3. The van der Waals surface area contributed by atoms with Crippen LogP contribution in [0.25, 0.3) is 11.0 Å². The number of carbonyl (C=O) groups is 1. The number of nitrogen functional groups attached to an aromatic ring is 1. The van der Waals surface area contributed by atoms with Crippen molar-refractivity contribution in [3.8, 4) is 0 Å². The van der Waals surface area contributed by atoms with Crippen LogP contribution in [-0.4, -0.2) is 40.7 Å². The molecule has 0 aliphatic heterocycles. The van der Waals surface area contributed by atoms with Gasteiger partial charge in [-0.3, -0.25) is 4.79 Å². The summed E-state index contributed by atoms with van der Waals surface area (Å²) in [6.45, 7) is 3.10. The predicted octanol–water partition coefficient (Wildman–Crippen LogP) is 1.58. The highest BCUT2D eigenvalue weighted by Crippen LogP contribution is 2.35. The van der Waals surface area contributed by atoms with E-state index in [9.17, 15) is 18.3 Å². The minimum absolute atomic E-state index is 0.152. The number of aliphatic hydroxyl groups is 1. The van der Waals surface area contributed by atoms with Crippen LogP contribution in [0.1, 0.15) is 31.4 Å². The largest absolute Gasteiger partial charge is 0.380 e. The third-order valence-electron chi connectivity index (χ3n) is 4.91. The molecular formula is C20H24N4O4S. The number of benzene rings is 2. The second-order valence-electron chi connectivity index (χ2n) is 7.11. The van der Waals surface area contributed by atoms with Gasteiger partial charge in [-0.1, -0.05) is 36.4 Å². The van der Waals surface area contributed by atoms with Gasteiger partial charge >= 0.3 is 0 Å². The van der Waals surface area contributed by atoms with Gasteiger partial charge in [-0.25, -0.2) is 17.4 Å². The lowest BCUT2D eigenvalue weighted by Gasteiger charge is -2.29. The molecule has 8 nitrogen and oxygen atoms in total. The Morgan fingerprint density at radius 2 is 1.86 bits per heavy atom. The van der Waals surface area contributed by atoms with Gasteiger partial charge in [0.25, 0.3) is 0 Å². The zero-order valence-corrected chi connectivity index (χ0v) is 17.3. The topological polar surface area (TPSA) is 127 Å². The van der Waals surface area contributed by atoms with Crippen molar-refractivity contribution >= 4 is 32.9 Å². The van der Waals surface area contributed by atoms with Crippen molar-refractivity contribution in [1.82, 2.24) is 14.3 Å². The van der Waals surface area contributed by atoms with Crippen molar-refractivity contribution in [2.45, 2.75) is 31.1 Å². The molecule has 9 heteroatoms. The average Bonchev–Trinajstić information content (AvgIpc) is 3.03. The second kappa shape index (κ2) is 7.49. The number of rotatable bonds is 6. The van der Waals surface area contributed by atoms with E-state index in [-0.39, 0.29) is 23.8 Å². The molecule has 29 heavy (non-hydrogen) atoms. The highest BCUT2D eigenvalue weighted by molar-refractivity contribution is 7.90. The van der Waals surface area contributed by atoms with Crippen LogP contribution < -0.4 is 11.1 Å². The monoisotopic (exact) mass is 416 g/mol. The Kier molecular flexibility index (Phi) is 5.38. The van der Waals surface area contributed by atoms with Crippen LogP contribution >= 0.6 is 0 Å². The fraction of sp³-hybridized carbons (Fsp3) is 0.300. The molecule has 2 aromatic carbocycles. The van der Waals surface area contributed by atoms with E-state index in [2.05, 4.69) is 10.3 Å². The Morgan fingerprint density at radius 3 is 2.45 bits per heavy atom. The van der Waals surface area contributed by atoms with Crippen LogP contribution in [-0.2, 0) is 20.4 Å². The van der Waals surface area contributed by atoms with E-state index in [1.807, 2.05) is 0 Å². The summed E-state index contributed by atoms with van der Waals surface area (Å²) in [5, 5.41) is 13.4. The van der Waals surface area contributed by atoms with Crippen molar-refractivity contribution < 1.29 is 18.3 Å². The predicted molar refractivity (Wildman–Crippen MR) is 112 cm³/mol. The first-order valence-corrected chi connectivity index (χ1v) is 10.6. The maximum Gasteiger partial charge on any atom is 0.244 e. The summed E-state index contributed by atoms with van der Waals surface area (Å²) in [4.78, 5) is 16.3. The summed E-state index contributed by atoms with van der Waals surface area (Å²) in [6.07, 6.45) is -0.237. The lowest BCUT2D eigenvalue weighted by Crippen LogP contribution is -2.34. The molecule has 0 bridgehead atoms. The van der Waals surface area contributed by atoms with E-state index in [0.717, 1.165) is 3.97 Å². The minimum atomic E-state index is -3.78. The molecular weight excluding hydrogens is 392 g/mol. The highest BCUT2D eigenvalue weighted by Gasteiger charge is 2.35. The summed E-state index contributed by atoms with van der Waals surface area (Å²) in [7, 11) is -2.29. The number of nitrogens with one attached hydrogen (secondary N) is 1. The van der Waals surface area contributed by atoms with Gasteiger partial charge in [-0.15, -0.1) is 0 Å². The smallest absolute Gasteiger partial charge is 0.244 e. The number of nitrogens with zero attached hydrogens (tertiary/aromatic N) is 2. The molecule has 1 atom stereocenters. The molecule has 0 spiro atoms. The van der Waals surface area contributed by atoms with E-state index in [1.165, 1.54) is 13.1 Å². The fourth-order valence-electron chi connectivity index (χ4n) is 3.21. The number of nitrogens with two attached hydrogens (primary N) is 1. The lowest BCUT2D eigenvalue weighted by atomic mass is 9.83. The molecule has 4 N–H and O–H groups in total. The van der Waals surface area contributed by atoms with Gasteiger partial charge < -0.3 is 16.2 Å². The Morgan fingerprint density at radius 1 is 1.21 bits per heavy atom. The number of hydrogen-bond acceptors (Lipinski definition) is 6. The SMILES string of the molecule is CNC(=O)CC(O)(c1ccccc1)c1ccc2nc(N)n(S(=O)(=O)C(C)C)c2c1. The van der Waals surface area contributed by atoms with Crippen LogP contribution in [0.4, 0.5) is 5.95 Å². The van der Waals surface area contributed by atoms with Gasteiger partial charge in [0.1, 0.15) is 5.60 Å². The fourth-order valence-corrected chi connectivity index (χ4v) is 4.36. The molecule has 1 heterocycles. The molecule has 154 valence electrons. The molecule has 0 radical (unpaired) electrons. The van der Waals surface area contributed by atoms with Gasteiger partial charge in [0.15, 0.2) is 0 Å². The van der Waals surface area contributed by atoms with Gasteiger partial charge in [0, 0.05) is 7.05 Å². The summed E-state index contributed by atoms with van der Waals surface area (Å²) in [6, 6.07) is 13.5. The van der Waals surface area contributed by atoms with E-state index < -0.39 is 20.9 Å². The molecule has 0 aliphatic carbocycles. The van der Waals surface area contributed by atoms with E-state index >= 15 is 0 Å². The van der Waals surface area contributed by atoms with Gasteiger partial charge in [-0.05, 0) is 37.1 Å². The molecule has 0 fully saturated rings. The number of imidazole rings is 1. The third-order valence-corrected chi connectivity index (χ3v) is 7.00. The molecule has 0 saturated heterocycles.